The lowest BCUT2D eigenvalue weighted by Gasteiger charge is -2.26. The van der Waals surface area contributed by atoms with Gasteiger partial charge in [0.1, 0.15) is 6.04 Å². The van der Waals surface area contributed by atoms with Crippen LogP contribution in [0, 0.1) is 0 Å². The number of hydrogen-bond acceptors (Lipinski definition) is 5. The number of nitrogens with one attached hydrogen (secondary N) is 1. The van der Waals surface area contributed by atoms with Crippen molar-refractivity contribution >= 4 is 50.7 Å². The van der Waals surface area contributed by atoms with Gasteiger partial charge in [0.15, 0.2) is 0 Å². The lowest BCUT2D eigenvalue weighted by Crippen LogP contribution is -2.43. The number of carbonyl (C=O) groups is 2. The van der Waals surface area contributed by atoms with Crippen LogP contribution in [-0.4, -0.2) is 50.8 Å². The lowest BCUT2D eigenvalue weighted by molar-refractivity contribution is -0.142. The van der Waals surface area contributed by atoms with Crippen LogP contribution in [0.1, 0.15) is 27.9 Å². The van der Waals surface area contributed by atoms with Gasteiger partial charge < -0.3 is 10.1 Å². The second-order valence-electron chi connectivity index (χ2n) is 8.70. The Morgan fingerprint density at radius 1 is 0.974 bits per heavy atom. The zero-order valence-corrected chi connectivity index (χ0v) is 22.9. The fourth-order valence-electron chi connectivity index (χ4n) is 4.24. The fraction of sp³-hybridized carbons (Fsp3) is 0.214. The van der Waals surface area contributed by atoms with Gasteiger partial charge in [-0.25, -0.2) is 13.2 Å². The van der Waals surface area contributed by atoms with E-state index in [9.17, 15) is 18.0 Å². The summed E-state index contributed by atoms with van der Waals surface area (Å²) in [5.41, 5.74) is 2.90. The number of sulfonamides is 1. The highest BCUT2D eigenvalue weighted by atomic mass is 35.5. The summed E-state index contributed by atoms with van der Waals surface area (Å²) in [6, 6.07) is 19.7. The van der Waals surface area contributed by atoms with Gasteiger partial charge in [-0.15, -0.1) is 0 Å². The first-order chi connectivity index (χ1) is 18.2. The molecule has 3 aromatic carbocycles. The maximum Gasteiger partial charge on any atom is 0.328 e. The van der Waals surface area contributed by atoms with E-state index in [-0.39, 0.29) is 33.5 Å². The highest BCUT2D eigenvalue weighted by molar-refractivity contribution is 7.89. The van der Waals surface area contributed by atoms with Gasteiger partial charge in [0.05, 0.1) is 27.6 Å². The van der Waals surface area contributed by atoms with Crippen LogP contribution < -0.4 is 5.32 Å². The van der Waals surface area contributed by atoms with E-state index in [1.807, 2.05) is 30.3 Å². The van der Waals surface area contributed by atoms with Crippen LogP contribution in [0.5, 0.6) is 0 Å². The van der Waals surface area contributed by atoms with Crippen LogP contribution in [0.25, 0.3) is 5.57 Å². The molecule has 7 nitrogen and oxygen atoms in total. The molecule has 0 aliphatic carbocycles. The second kappa shape index (κ2) is 12.1. The predicted octanol–water partition coefficient (Wildman–Crippen LogP) is 4.99. The van der Waals surface area contributed by atoms with Crippen molar-refractivity contribution in [1.29, 1.82) is 0 Å². The predicted molar refractivity (Wildman–Crippen MR) is 148 cm³/mol. The molecule has 0 radical (unpaired) electrons. The minimum atomic E-state index is -3.54. The van der Waals surface area contributed by atoms with Gasteiger partial charge in [-0.1, -0.05) is 77.8 Å². The van der Waals surface area contributed by atoms with Gasteiger partial charge in [-0.3, -0.25) is 4.79 Å². The number of halogens is 2. The van der Waals surface area contributed by atoms with Crippen molar-refractivity contribution in [2.45, 2.75) is 23.8 Å². The molecule has 1 N–H and O–H groups in total. The molecule has 0 bridgehead atoms. The molecule has 3 aromatic rings. The van der Waals surface area contributed by atoms with Gasteiger partial charge in [0, 0.05) is 19.5 Å². The Hall–Kier alpha value is -3.17. The molecular weight excluding hydrogens is 547 g/mol. The highest BCUT2D eigenvalue weighted by Crippen LogP contribution is 2.27. The van der Waals surface area contributed by atoms with Gasteiger partial charge in [-0.2, -0.15) is 4.31 Å². The number of hydrogen-bond donors (Lipinski definition) is 1. The zero-order valence-electron chi connectivity index (χ0n) is 20.6. The quantitative estimate of drug-likeness (QED) is 0.384. The van der Waals surface area contributed by atoms with Crippen LogP contribution in [0.4, 0.5) is 0 Å². The van der Waals surface area contributed by atoms with Crippen LogP contribution in [0.15, 0.2) is 83.8 Å². The number of methoxy groups -OCH3 is 1. The van der Waals surface area contributed by atoms with Crippen molar-refractivity contribution < 1.29 is 22.7 Å². The maximum absolute atomic E-state index is 12.9. The maximum atomic E-state index is 12.9. The molecule has 1 amide bonds. The molecule has 1 aliphatic rings. The molecular formula is C28H26Cl2N2O5S. The first-order valence-corrected chi connectivity index (χ1v) is 14.1. The standard InChI is InChI=1S/C28H26Cl2N2O5S/c1-37-28(34)25(31-27(33)26-23(29)8-5-9-24(26)30)18-19-10-12-20(13-11-19)21-14-16-32(17-15-21)38(35,36)22-6-3-2-4-7-22/h2-14,25H,15-18H2,1H3,(H,31,33)/t25-/m0/s1. The SMILES string of the molecule is COC(=O)[C@H](Cc1ccc(C2=CCN(S(=O)(=O)c3ccccc3)CC2)cc1)NC(=O)c1c(Cl)cccc1Cl. The van der Waals surface area contributed by atoms with Gasteiger partial charge in [0.25, 0.3) is 5.91 Å². The van der Waals surface area contributed by atoms with Gasteiger partial charge in [0.2, 0.25) is 10.0 Å². The number of ether oxygens (including phenoxy) is 1. The van der Waals surface area contributed by atoms with E-state index in [1.165, 1.54) is 11.4 Å². The first kappa shape index (κ1) is 27.9. The number of esters is 1. The Bertz CT molecular complexity index is 1440. The molecule has 4 rings (SSSR count). The van der Waals surface area contributed by atoms with Gasteiger partial charge in [-0.05, 0) is 47.4 Å². The fourth-order valence-corrected chi connectivity index (χ4v) is 6.21. The monoisotopic (exact) mass is 572 g/mol. The van der Waals surface area contributed by atoms with E-state index < -0.39 is 27.9 Å². The first-order valence-electron chi connectivity index (χ1n) is 11.9. The van der Waals surface area contributed by atoms with Crippen LogP contribution in [0.2, 0.25) is 10.0 Å². The number of benzene rings is 3. The molecule has 0 saturated heterocycles. The molecule has 1 heterocycles. The average molecular weight is 573 g/mol. The third-order valence-corrected chi connectivity index (χ3v) is 8.81. The molecule has 1 atom stereocenters. The molecule has 198 valence electrons. The zero-order chi connectivity index (χ0) is 27.3. The molecule has 10 heteroatoms. The number of amides is 1. The van der Waals surface area contributed by atoms with Crippen molar-refractivity contribution in [3.63, 3.8) is 0 Å². The van der Waals surface area contributed by atoms with Crippen LogP contribution >= 0.6 is 23.2 Å². The molecule has 1 aliphatic heterocycles. The largest absolute Gasteiger partial charge is 0.467 e. The summed E-state index contributed by atoms with van der Waals surface area (Å²) >= 11 is 12.3. The Kier molecular flexibility index (Phi) is 8.89. The Balaban J connectivity index is 1.44. The summed E-state index contributed by atoms with van der Waals surface area (Å²) in [6.45, 7) is 0.668. The summed E-state index contributed by atoms with van der Waals surface area (Å²) in [5.74, 6) is -1.17. The van der Waals surface area contributed by atoms with E-state index in [2.05, 4.69) is 5.32 Å². The van der Waals surface area contributed by atoms with Crippen molar-refractivity contribution in [2.75, 3.05) is 20.2 Å². The third kappa shape index (κ3) is 6.27. The summed E-state index contributed by atoms with van der Waals surface area (Å²) in [7, 11) is -2.29. The van der Waals surface area contributed by atoms with E-state index in [0.717, 1.165) is 16.7 Å². The molecule has 38 heavy (non-hydrogen) atoms. The van der Waals surface area contributed by atoms with Crippen LogP contribution in [0.3, 0.4) is 0 Å². The van der Waals surface area contributed by atoms with Gasteiger partial charge >= 0.3 is 5.97 Å². The minimum Gasteiger partial charge on any atom is -0.467 e. The van der Waals surface area contributed by atoms with E-state index in [0.29, 0.717) is 13.0 Å². The van der Waals surface area contributed by atoms with E-state index in [4.69, 9.17) is 27.9 Å². The average Bonchev–Trinajstić information content (AvgIpc) is 2.93. The second-order valence-corrected chi connectivity index (χ2v) is 11.5. The highest BCUT2D eigenvalue weighted by Gasteiger charge is 2.27. The minimum absolute atomic E-state index is 0.0904. The summed E-state index contributed by atoms with van der Waals surface area (Å²) in [5, 5.41) is 3.03. The topological polar surface area (TPSA) is 92.8 Å². The van der Waals surface area contributed by atoms with Crippen molar-refractivity contribution in [3.8, 4) is 0 Å². The summed E-state index contributed by atoms with van der Waals surface area (Å²) in [4.78, 5) is 25.5. The third-order valence-electron chi connectivity index (χ3n) is 6.30. The molecule has 0 saturated carbocycles. The Labute approximate surface area is 232 Å². The van der Waals surface area contributed by atoms with Crippen LogP contribution in [-0.2, 0) is 26.0 Å². The lowest BCUT2D eigenvalue weighted by atomic mass is 9.97. The van der Waals surface area contributed by atoms with Crippen molar-refractivity contribution in [2.24, 2.45) is 0 Å². The number of nitrogens with zero attached hydrogens (tertiary/aromatic N) is 1. The normalized spacial score (nSPS) is 14.9. The molecule has 0 unspecified atom stereocenters. The molecule has 0 aromatic heterocycles. The Morgan fingerprint density at radius 2 is 1.63 bits per heavy atom. The van der Waals surface area contributed by atoms with Crippen molar-refractivity contribution in [3.05, 3.63) is 106 Å². The number of carbonyl (C=O) groups excluding carboxylic acids is 2. The van der Waals surface area contributed by atoms with E-state index in [1.54, 1.807) is 48.5 Å². The smallest absolute Gasteiger partial charge is 0.328 e. The Morgan fingerprint density at radius 3 is 2.21 bits per heavy atom. The van der Waals surface area contributed by atoms with E-state index >= 15 is 0 Å². The summed E-state index contributed by atoms with van der Waals surface area (Å²) in [6.07, 6.45) is 2.69. The number of rotatable bonds is 8. The van der Waals surface area contributed by atoms with Crippen molar-refractivity contribution in [1.82, 2.24) is 9.62 Å². The molecule has 0 fully saturated rings. The summed E-state index contributed by atoms with van der Waals surface area (Å²) < 4.78 is 32.1. The molecule has 0 spiro atoms.